The summed E-state index contributed by atoms with van der Waals surface area (Å²) in [6.45, 7) is 3.91. The Morgan fingerprint density at radius 2 is 2.16 bits per heavy atom. The molecule has 6 heteroatoms. The summed E-state index contributed by atoms with van der Waals surface area (Å²) in [5.41, 5.74) is -0.944. The lowest BCUT2D eigenvalue weighted by Crippen LogP contribution is -2.47. The number of hydrogen-bond acceptors (Lipinski definition) is 3. The van der Waals surface area contributed by atoms with Crippen LogP contribution in [-0.2, 0) is 4.79 Å². The van der Waals surface area contributed by atoms with Gasteiger partial charge in [0.25, 0.3) is 0 Å². The highest BCUT2D eigenvalue weighted by Gasteiger charge is 2.35. The Labute approximate surface area is 113 Å². The molecule has 0 saturated heterocycles. The zero-order valence-corrected chi connectivity index (χ0v) is 11.5. The maximum absolute atomic E-state index is 12.0. The molecule has 1 saturated carbocycles. The second-order valence-electron chi connectivity index (χ2n) is 5.21. The maximum atomic E-state index is 12.0. The molecule has 1 atom stereocenters. The van der Waals surface area contributed by atoms with E-state index < -0.39 is 11.4 Å². The Morgan fingerprint density at radius 1 is 1.53 bits per heavy atom. The summed E-state index contributed by atoms with van der Waals surface area (Å²) < 4.78 is 0. The second-order valence-corrected chi connectivity index (χ2v) is 5.21. The molecule has 1 aliphatic carbocycles. The number of carbonyl (C=O) groups is 2. The highest BCUT2D eigenvalue weighted by atomic mass is 16.4. The van der Waals surface area contributed by atoms with E-state index in [-0.39, 0.29) is 18.6 Å². The van der Waals surface area contributed by atoms with Gasteiger partial charge in [0, 0.05) is 19.1 Å². The van der Waals surface area contributed by atoms with Gasteiger partial charge in [-0.15, -0.1) is 0 Å². The molecule has 0 aliphatic heterocycles. The smallest absolute Gasteiger partial charge is 0.317 e. The van der Waals surface area contributed by atoms with E-state index >= 15 is 0 Å². The van der Waals surface area contributed by atoms with Crippen LogP contribution >= 0.6 is 0 Å². The van der Waals surface area contributed by atoms with Gasteiger partial charge in [0.1, 0.15) is 0 Å². The number of aliphatic carboxylic acids is 1. The van der Waals surface area contributed by atoms with Crippen LogP contribution in [0.4, 0.5) is 4.79 Å². The summed E-state index contributed by atoms with van der Waals surface area (Å²) in [6.07, 6.45) is 2.67. The highest BCUT2D eigenvalue weighted by Crippen LogP contribution is 2.27. The summed E-state index contributed by atoms with van der Waals surface area (Å²) in [5, 5.41) is 20.4. The maximum Gasteiger partial charge on any atom is 0.317 e. The van der Waals surface area contributed by atoms with Crippen LogP contribution in [0, 0.1) is 16.7 Å². The molecule has 1 rings (SSSR count). The average molecular weight is 267 g/mol. The van der Waals surface area contributed by atoms with Crippen molar-refractivity contribution >= 4 is 12.0 Å². The number of carboxylic acid groups (broad SMARTS) is 1. The van der Waals surface area contributed by atoms with Crippen molar-refractivity contribution < 1.29 is 14.7 Å². The fourth-order valence-corrected chi connectivity index (χ4v) is 1.73. The van der Waals surface area contributed by atoms with E-state index in [1.165, 1.54) is 0 Å². The Balaban J connectivity index is 2.52. The molecule has 1 fully saturated rings. The Morgan fingerprint density at radius 3 is 2.58 bits per heavy atom. The summed E-state index contributed by atoms with van der Waals surface area (Å²) in [5.74, 6) is -0.912. The zero-order valence-electron chi connectivity index (χ0n) is 11.5. The van der Waals surface area contributed by atoms with Crippen LogP contribution < -0.4 is 5.32 Å². The summed E-state index contributed by atoms with van der Waals surface area (Å²) in [6, 6.07) is 1.97. The molecule has 0 radical (unpaired) electrons. The van der Waals surface area contributed by atoms with Gasteiger partial charge in [-0.05, 0) is 26.2 Å². The molecule has 0 bridgehead atoms. The van der Waals surface area contributed by atoms with E-state index in [4.69, 9.17) is 10.4 Å². The summed E-state index contributed by atoms with van der Waals surface area (Å²) in [4.78, 5) is 24.8. The molecule has 0 aromatic carbocycles. The van der Waals surface area contributed by atoms with E-state index in [0.717, 1.165) is 12.8 Å². The summed E-state index contributed by atoms with van der Waals surface area (Å²) >= 11 is 0. The largest absolute Gasteiger partial charge is 0.481 e. The van der Waals surface area contributed by atoms with Gasteiger partial charge in [-0.25, -0.2) is 4.79 Å². The first-order valence-electron chi connectivity index (χ1n) is 6.59. The van der Waals surface area contributed by atoms with Gasteiger partial charge in [0.15, 0.2) is 0 Å². The van der Waals surface area contributed by atoms with Crippen molar-refractivity contribution in [2.75, 3.05) is 13.1 Å². The topological polar surface area (TPSA) is 93.4 Å². The van der Waals surface area contributed by atoms with Crippen LogP contribution in [0.2, 0.25) is 0 Å². The normalized spacial score (nSPS) is 17.1. The lowest BCUT2D eigenvalue weighted by Gasteiger charge is -2.27. The molecule has 0 heterocycles. The van der Waals surface area contributed by atoms with Crippen LogP contribution in [0.3, 0.4) is 0 Å². The van der Waals surface area contributed by atoms with E-state index in [1.807, 2.05) is 6.07 Å². The van der Waals surface area contributed by atoms with Crippen LogP contribution in [-0.4, -0.2) is 41.1 Å². The summed E-state index contributed by atoms with van der Waals surface area (Å²) in [7, 11) is 0. The third-order valence-corrected chi connectivity index (χ3v) is 3.64. The van der Waals surface area contributed by atoms with Gasteiger partial charge in [0.05, 0.1) is 17.9 Å². The molecule has 2 amide bonds. The van der Waals surface area contributed by atoms with Crippen molar-refractivity contribution in [3.8, 4) is 6.07 Å². The van der Waals surface area contributed by atoms with E-state index in [2.05, 4.69) is 5.32 Å². The Bertz CT molecular complexity index is 387. The van der Waals surface area contributed by atoms with Crippen LogP contribution in [0.25, 0.3) is 0 Å². The van der Waals surface area contributed by atoms with Gasteiger partial charge < -0.3 is 15.3 Å². The molecule has 19 heavy (non-hydrogen) atoms. The van der Waals surface area contributed by atoms with Gasteiger partial charge in [0.2, 0.25) is 0 Å². The first-order valence-corrected chi connectivity index (χ1v) is 6.59. The monoisotopic (exact) mass is 267 g/mol. The SMILES string of the molecule is CCC(C)(CNC(=O)N(CCC#N)C1CC1)C(=O)O. The molecule has 106 valence electrons. The third kappa shape index (κ3) is 4.12. The lowest BCUT2D eigenvalue weighted by atomic mass is 9.88. The number of nitriles is 1. The van der Waals surface area contributed by atoms with Crippen molar-refractivity contribution in [3.05, 3.63) is 0 Å². The molecule has 2 N–H and O–H groups in total. The molecule has 0 spiro atoms. The molecular weight excluding hydrogens is 246 g/mol. The van der Waals surface area contributed by atoms with Crippen molar-refractivity contribution in [3.63, 3.8) is 0 Å². The van der Waals surface area contributed by atoms with Crippen molar-refractivity contribution in [1.29, 1.82) is 5.26 Å². The molecule has 6 nitrogen and oxygen atoms in total. The predicted molar refractivity (Wildman–Crippen MR) is 69.4 cm³/mol. The number of carboxylic acids is 1. The van der Waals surface area contributed by atoms with Gasteiger partial charge >= 0.3 is 12.0 Å². The first-order chi connectivity index (χ1) is 8.94. The van der Waals surface area contributed by atoms with Crippen LogP contribution in [0.15, 0.2) is 0 Å². The molecule has 0 aromatic rings. The van der Waals surface area contributed by atoms with E-state index in [0.29, 0.717) is 19.4 Å². The van der Waals surface area contributed by atoms with Gasteiger partial charge in [-0.2, -0.15) is 5.26 Å². The molecular formula is C13H21N3O3. The fraction of sp³-hybridized carbons (Fsp3) is 0.769. The quantitative estimate of drug-likeness (QED) is 0.732. The molecule has 0 aromatic heterocycles. The Hall–Kier alpha value is -1.77. The number of urea groups is 1. The minimum absolute atomic E-state index is 0.105. The molecule has 1 unspecified atom stereocenters. The van der Waals surface area contributed by atoms with Crippen LogP contribution in [0.5, 0.6) is 0 Å². The van der Waals surface area contributed by atoms with Crippen LogP contribution in [0.1, 0.15) is 39.5 Å². The zero-order chi connectivity index (χ0) is 14.5. The first kappa shape index (κ1) is 15.3. The Kier molecular flexibility index (Phi) is 5.16. The predicted octanol–water partition coefficient (Wildman–Crippen LogP) is 1.57. The number of nitrogens with one attached hydrogen (secondary N) is 1. The number of hydrogen-bond donors (Lipinski definition) is 2. The standard InChI is InChI=1S/C13H21N3O3/c1-3-13(2,11(17)18)9-15-12(19)16(8-4-7-14)10-5-6-10/h10H,3-6,8-9H2,1-2H3,(H,15,19)(H,17,18). The molecule has 1 aliphatic rings. The van der Waals surface area contributed by atoms with E-state index in [9.17, 15) is 9.59 Å². The fourth-order valence-electron chi connectivity index (χ4n) is 1.73. The van der Waals surface area contributed by atoms with Crippen molar-refractivity contribution in [1.82, 2.24) is 10.2 Å². The lowest BCUT2D eigenvalue weighted by molar-refractivity contribution is -0.147. The minimum atomic E-state index is -0.944. The number of amides is 2. The number of carbonyl (C=O) groups excluding carboxylic acids is 1. The van der Waals surface area contributed by atoms with E-state index in [1.54, 1.807) is 18.7 Å². The third-order valence-electron chi connectivity index (χ3n) is 3.64. The highest BCUT2D eigenvalue weighted by molar-refractivity contribution is 5.78. The van der Waals surface area contributed by atoms with Crippen molar-refractivity contribution in [2.24, 2.45) is 5.41 Å². The van der Waals surface area contributed by atoms with Gasteiger partial charge in [-0.3, -0.25) is 4.79 Å². The minimum Gasteiger partial charge on any atom is -0.481 e. The van der Waals surface area contributed by atoms with Crippen molar-refractivity contribution in [2.45, 2.75) is 45.6 Å². The second kappa shape index (κ2) is 6.41. The van der Waals surface area contributed by atoms with Gasteiger partial charge in [-0.1, -0.05) is 6.92 Å². The number of nitrogens with zero attached hydrogens (tertiary/aromatic N) is 2. The average Bonchev–Trinajstić information content (AvgIpc) is 3.20. The number of rotatable bonds is 7.